The van der Waals surface area contributed by atoms with Gasteiger partial charge in [0.15, 0.2) is 5.11 Å². The molecule has 1 aromatic carbocycles. The molecular formula is C24H39N5OS. The fourth-order valence-electron chi connectivity index (χ4n) is 3.70. The van der Waals surface area contributed by atoms with Gasteiger partial charge in [0.2, 0.25) is 0 Å². The summed E-state index contributed by atoms with van der Waals surface area (Å²) >= 11 is 5.73. The zero-order valence-electron chi connectivity index (χ0n) is 20.0. The first-order valence-corrected chi connectivity index (χ1v) is 11.7. The molecule has 31 heavy (non-hydrogen) atoms. The van der Waals surface area contributed by atoms with Crippen LogP contribution in [0.3, 0.4) is 0 Å². The van der Waals surface area contributed by atoms with Crippen LogP contribution in [-0.4, -0.2) is 78.2 Å². The number of benzene rings is 1. The highest BCUT2D eigenvalue weighted by Gasteiger charge is 2.15. The van der Waals surface area contributed by atoms with Crippen LogP contribution in [0.2, 0.25) is 0 Å². The van der Waals surface area contributed by atoms with Crippen molar-refractivity contribution in [3.05, 3.63) is 45.2 Å². The van der Waals surface area contributed by atoms with E-state index in [0.717, 1.165) is 73.3 Å². The van der Waals surface area contributed by atoms with Gasteiger partial charge in [-0.25, -0.2) is 0 Å². The Morgan fingerprint density at radius 2 is 1.74 bits per heavy atom. The van der Waals surface area contributed by atoms with E-state index in [1.807, 2.05) is 13.0 Å². The van der Waals surface area contributed by atoms with Crippen molar-refractivity contribution in [2.24, 2.45) is 0 Å². The minimum Gasteiger partial charge on any atom is -0.363 e. The third-order valence-electron chi connectivity index (χ3n) is 5.81. The molecule has 0 fully saturated rings. The smallest absolute Gasteiger partial charge is 0.253 e. The fraction of sp³-hybridized carbons (Fsp3) is 0.583. The molecule has 0 aliphatic carbocycles. The van der Waals surface area contributed by atoms with Gasteiger partial charge in [-0.15, -0.1) is 0 Å². The molecule has 1 heterocycles. The number of hydrogen-bond donors (Lipinski definition) is 2. The molecule has 0 aliphatic heterocycles. The van der Waals surface area contributed by atoms with Gasteiger partial charge in [0.1, 0.15) is 0 Å². The minimum atomic E-state index is -0.0375. The lowest BCUT2D eigenvalue weighted by Crippen LogP contribution is -2.44. The van der Waals surface area contributed by atoms with Crippen LogP contribution in [0.15, 0.2) is 23.0 Å². The van der Waals surface area contributed by atoms with E-state index in [0.29, 0.717) is 11.7 Å². The standard InChI is InChI=1S/C24H39N5OS/c1-7-28(8-2)14-15-29(24(31)25-12-9-13-27(5)6)17-20-16-21-18(3)10-11-19(4)22(21)26-23(20)30/h10-11,16H,7-9,12-15,17H2,1-6H3,(H,25,31)(H,26,30). The van der Waals surface area contributed by atoms with E-state index in [1.165, 1.54) is 0 Å². The van der Waals surface area contributed by atoms with Gasteiger partial charge in [-0.3, -0.25) is 4.79 Å². The summed E-state index contributed by atoms with van der Waals surface area (Å²) in [6.45, 7) is 14.5. The third kappa shape index (κ3) is 7.30. The normalized spacial score (nSPS) is 11.5. The molecule has 0 bridgehead atoms. The van der Waals surface area contributed by atoms with E-state index in [2.05, 4.69) is 72.0 Å². The van der Waals surface area contributed by atoms with Crippen LogP contribution in [0.1, 0.15) is 37.0 Å². The van der Waals surface area contributed by atoms with Crippen LogP contribution in [0.25, 0.3) is 10.9 Å². The maximum atomic E-state index is 12.9. The minimum absolute atomic E-state index is 0.0375. The van der Waals surface area contributed by atoms with Crippen molar-refractivity contribution in [3.63, 3.8) is 0 Å². The van der Waals surface area contributed by atoms with E-state index in [9.17, 15) is 4.79 Å². The van der Waals surface area contributed by atoms with Gasteiger partial charge < -0.3 is 25.0 Å². The molecule has 7 heteroatoms. The highest BCUT2D eigenvalue weighted by molar-refractivity contribution is 7.80. The van der Waals surface area contributed by atoms with Crippen molar-refractivity contribution in [2.75, 3.05) is 53.4 Å². The van der Waals surface area contributed by atoms with Crippen molar-refractivity contribution >= 4 is 28.2 Å². The highest BCUT2D eigenvalue weighted by Crippen LogP contribution is 2.20. The van der Waals surface area contributed by atoms with Crippen LogP contribution in [-0.2, 0) is 6.54 Å². The largest absolute Gasteiger partial charge is 0.363 e. The molecule has 6 nitrogen and oxygen atoms in total. The lowest BCUT2D eigenvalue weighted by molar-refractivity contribution is 0.263. The second kappa shape index (κ2) is 12.2. The van der Waals surface area contributed by atoms with Crippen LogP contribution in [0, 0.1) is 13.8 Å². The number of hydrogen-bond acceptors (Lipinski definition) is 4. The fourth-order valence-corrected chi connectivity index (χ4v) is 3.96. The van der Waals surface area contributed by atoms with E-state index in [-0.39, 0.29) is 5.56 Å². The van der Waals surface area contributed by atoms with Crippen molar-refractivity contribution < 1.29 is 0 Å². The molecule has 2 rings (SSSR count). The number of nitrogens with one attached hydrogen (secondary N) is 2. The Morgan fingerprint density at radius 3 is 2.39 bits per heavy atom. The van der Waals surface area contributed by atoms with Gasteiger partial charge in [0.05, 0.1) is 12.1 Å². The molecule has 0 aliphatic rings. The summed E-state index contributed by atoms with van der Waals surface area (Å²) in [5, 5.41) is 5.21. The summed E-state index contributed by atoms with van der Waals surface area (Å²) in [5.41, 5.74) is 3.88. The maximum Gasteiger partial charge on any atom is 0.253 e. The molecule has 0 saturated carbocycles. The van der Waals surface area contributed by atoms with Gasteiger partial charge in [-0.05, 0) is 83.4 Å². The Balaban J connectivity index is 2.22. The number of aromatic nitrogens is 1. The zero-order chi connectivity index (χ0) is 23.0. The van der Waals surface area contributed by atoms with Crippen LogP contribution < -0.4 is 10.9 Å². The molecule has 0 radical (unpaired) electrons. The first kappa shape index (κ1) is 25.3. The molecule has 0 atom stereocenters. The summed E-state index contributed by atoms with van der Waals surface area (Å²) in [7, 11) is 4.15. The van der Waals surface area contributed by atoms with Crippen LogP contribution in [0.5, 0.6) is 0 Å². The summed E-state index contributed by atoms with van der Waals surface area (Å²) in [6, 6.07) is 6.20. The zero-order valence-corrected chi connectivity index (χ0v) is 20.9. The molecule has 0 unspecified atom stereocenters. The number of aryl methyl sites for hydroxylation is 2. The van der Waals surface area contributed by atoms with E-state index in [1.54, 1.807) is 0 Å². The number of H-pyrrole nitrogens is 1. The molecular weight excluding hydrogens is 406 g/mol. The summed E-state index contributed by atoms with van der Waals surface area (Å²) in [4.78, 5) is 22.7. The second-order valence-corrected chi connectivity index (χ2v) is 8.84. The highest BCUT2D eigenvalue weighted by atomic mass is 32.1. The third-order valence-corrected chi connectivity index (χ3v) is 6.21. The average molecular weight is 446 g/mol. The number of aromatic amines is 1. The Morgan fingerprint density at radius 1 is 1.06 bits per heavy atom. The predicted octanol–water partition coefficient (Wildman–Crippen LogP) is 3.11. The van der Waals surface area contributed by atoms with E-state index < -0.39 is 0 Å². The molecule has 0 spiro atoms. The number of likely N-dealkylation sites (N-methyl/N-ethyl adjacent to an activating group) is 1. The summed E-state index contributed by atoms with van der Waals surface area (Å²) < 4.78 is 0. The van der Waals surface area contributed by atoms with E-state index in [4.69, 9.17) is 12.2 Å². The summed E-state index contributed by atoms with van der Waals surface area (Å²) in [6.07, 6.45) is 1.02. The first-order chi connectivity index (χ1) is 14.8. The number of rotatable bonds is 11. The lowest BCUT2D eigenvalue weighted by Gasteiger charge is -2.29. The average Bonchev–Trinajstić information content (AvgIpc) is 2.74. The maximum absolute atomic E-state index is 12.9. The molecule has 1 aromatic heterocycles. The Bertz CT molecular complexity index is 920. The van der Waals surface area contributed by atoms with Gasteiger partial charge in [0, 0.05) is 30.6 Å². The SMILES string of the molecule is CCN(CC)CCN(Cc1cc2c(C)ccc(C)c2[nH]c1=O)C(=S)NCCCN(C)C. The number of pyridine rings is 1. The Labute approximate surface area is 192 Å². The number of nitrogens with zero attached hydrogens (tertiary/aromatic N) is 3. The first-order valence-electron chi connectivity index (χ1n) is 11.3. The van der Waals surface area contributed by atoms with Gasteiger partial charge in [-0.2, -0.15) is 0 Å². The van der Waals surface area contributed by atoms with Crippen LogP contribution in [0.4, 0.5) is 0 Å². The van der Waals surface area contributed by atoms with E-state index >= 15 is 0 Å². The van der Waals surface area contributed by atoms with Crippen molar-refractivity contribution in [1.29, 1.82) is 0 Å². The van der Waals surface area contributed by atoms with Gasteiger partial charge in [-0.1, -0.05) is 26.0 Å². The second-order valence-electron chi connectivity index (χ2n) is 8.45. The predicted molar refractivity (Wildman–Crippen MR) is 136 cm³/mol. The summed E-state index contributed by atoms with van der Waals surface area (Å²) in [5.74, 6) is 0. The lowest BCUT2D eigenvalue weighted by atomic mass is 10.0. The Hall–Kier alpha value is -1.96. The monoisotopic (exact) mass is 445 g/mol. The van der Waals surface area contributed by atoms with Crippen molar-refractivity contribution in [2.45, 2.75) is 40.7 Å². The van der Waals surface area contributed by atoms with Crippen molar-refractivity contribution in [1.82, 2.24) is 25.0 Å². The van der Waals surface area contributed by atoms with Crippen molar-refractivity contribution in [3.8, 4) is 0 Å². The van der Waals surface area contributed by atoms with Gasteiger partial charge in [0.25, 0.3) is 5.56 Å². The molecule has 0 saturated heterocycles. The Kier molecular flexibility index (Phi) is 9.93. The molecule has 2 aromatic rings. The topological polar surface area (TPSA) is 54.6 Å². The number of fused-ring (bicyclic) bond motifs is 1. The quantitative estimate of drug-likeness (QED) is 0.409. The molecule has 0 amide bonds. The van der Waals surface area contributed by atoms with Gasteiger partial charge >= 0.3 is 0 Å². The number of thiocarbonyl (C=S) groups is 1. The van der Waals surface area contributed by atoms with Crippen LogP contribution >= 0.6 is 12.2 Å². The molecule has 2 N–H and O–H groups in total. The molecule has 172 valence electrons.